The van der Waals surface area contributed by atoms with Gasteiger partial charge in [-0.25, -0.2) is 8.42 Å². The fraction of sp³-hybridized carbons (Fsp3) is 0.222. The van der Waals surface area contributed by atoms with Crippen molar-refractivity contribution < 1.29 is 8.42 Å². The molecule has 5 nitrogen and oxygen atoms in total. The van der Waals surface area contributed by atoms with E-state index in [0.29, 0.717) is 5.69 Å². The van der Waals surface area contributed by atoms with Crippen molar-refractivity contribution >= 4 is 26.6 Å². The maximum absolute atomic E-state index is 12.7. The molecule has 0 saturated heterocycles. The summed E-state index contributed by atoms with van der Waals surface area (Å²) >= 11 is 0. The molecule has 2 heterocycles. The summed E-state index contributed by atoms with van der Waals surface area (Å²) in [7, 11) is -3.60. The summed E-state index contributed by atoms with van der Waals surface area (Å²) < 4.78 is 28.1. The number of H-pyrrole nitrogens is 1. The lowest BCUT2D eigenvalue weighted by atomic mass is 10.1. The maximum atomic E-state index is 12.7. The van der Waals surface area contributed by atoms with Crippen molar-refractivity contribution in [1.29, 1.82) is 0 Å². The molecule has 0 atom stereocenters. The minimum Gasteiger partial charge on any atom is -0.358 e. The molecule has 0 amide bonds. The average Bonchev–Trinajstić information content (AvgIpc) is 2.78. The number of benzene rings is 2. The van der Waals surface area contributed by atoms with Gasteiger partial charge in [0.15, 0.2) is 0 Å². The van der Waals surface area contributed by atoms with Crippen LogP contribution in [0.1, 0.15) is 11.3 Å². The summed E-state index contributed by atoms with van der Waals surface area (Å²) in [6, 6.07) is 14.2. The Kier molecular flexibility index (Phi) is 3.78. The van der Waals surface area contributed by atoms with Crippen LogP contribution in [0.5, 0.6) is 0 Å². The minimum absolute atomic E-state index is 0.269. The SMILES string of the molecule is O=S(=O)(Nc1cccc2[nH]c3c(c12)CCNCC3)c1ccccc1. The lowest BCUT2D eigenvalue weighted by Crippen LogP contribution is -2.16. The van der Waals surface area contributed by atoms with Crippen LogP contribution in [0.2, 0.25) is 0 Å². The molecular formula is C18H19N3O2S. The molecule has 3 N–H and O–H groups in total. The van der Waals surface area contributed by atoms with Crippen molar-refractivity contribution in [3.8, 4) is 0 Å². The molecule has 4 rings (SSSR count). The Bertz CT molecular complexity index is 978. The third-order valence-electron chi connectivity index (χ3n) is 4.42. The van der Waals surface area contributed by atoms with Crippen LogP contribution in [0.25, 0.3) is 10.9 Å². The van der Waals surface area contributed by atoms with Crippen LogP contribution < -0.4 is 10.0 Å². The van der Waals surface area contributed by atoms with Gasteiger partial charge in [0.2, 0.25) is 0 Å². The second kappa shape index (κ2) is 5.96. The fourth-order valence-electron chi connectivity index (χ4n) is 3.30. The number of nitrogens with one attached hydrogen (secondary N) is 3. The Labute approximate surface area is 141 Å². The zero-order valence-electron chi connectivity index (χ0n) is 13.2. The highest BCUT2D eigenvalue weighted by Gasteiger charge is 2.20. The van der Waals surface area contributed by atoms with E-state index in [-0.39, 0.29) is 4.90 Å². The summed E-state index contributed by atoms with van der Waals surface area (Å²) in [4.78, 5) is 3.72. The van der Waals surface area contributed by atoms with Crippen LogP contribution >= 0.6 is 0 Å². The fourth-order valence-corrected chi connectivity index (χ4v) is 4.39. The third-order valence-corrected chi connectivity index (χ3v) is 5.80. The van der Waals surface area contributed by atoms with E-state index in [0.717, 1.165) is 36.8 Å². The van der Waals surface area contributed by atoms with Gasteiger partial charge in [-0.05, 0) is 42.8 Å². The summed E-state index contributed by atoms with van der Waals surface area (Å²) in [5, 5.41) is 4.36. The number of sulfonamides is 1. The molecule has 2 aromatic carbocycles. The zero-order chi connectivity index (χ0) is 16.6. The molecule has 1 aliphatic rings. The van der Waals surface area contributed by atoms with Crippen LogP contribution in [0.3, 0.4) is 0 Å². The Morgan fingerprint density at radius 1 is 0.917 bits per heavy atom. The van der Waals surface area contributed by atoms with Crippen LogP contribution in [0.15, 0.2) is 53.4 Å². The van der Waals surface area contributed by atoms with E-state index < -0.39 is 10.0 Å². The molecule has 0 spiro atoms. The number of aromatic nitrogens is 1. The van der Waals surface area contributed by atoms with Crippen molar-refractivity contribution in [2.24, 2.45) is 0 Å². The van der Waals surface area contributed by atoms with E-state index in [2.05, 4.69) is 15.0 Å². The Morgan fingerprint density at radius 2 is 1.71 bits per heavy atom. The Hall–Kier alpha value is -2.31. The first-order valence-electron chi connectivity index (χ1n) is 8.06. The smallest absolute Gasteiger partial charge is 0.261 e. The number of hydrogen-bond acceptors (Lipinski definition) is 3. The monoisotopic (exact) mass is 341 g/mol. The summed E-state index contributed by atoms with van der Waals surface area (Å²) in [6.07, 6.45) is 1.81. The molecular weight excluding hydrogens is 322 g/mol. The highest BCUT2D eigenvalue weighted by Crippen LogP contribution is 2.32. The molecule has 0 radical (unpaired) electrons. The lowest BCUT2D eigenvalue weighted by molar-refractivity contribution is 0.601. The molecule has 0 saturated carbocycles. The van der Waals surface area contributed by atoms with Gasteiger partial charge in [0, 0.05) is 29.6 Å². The standard InChI is InChI=1S/C18H19N3O2S/c22-24(23,13-5-2-1-3-6-13)21-17-8-4-7-16-18(17)14-9-11-19-12-10-15(14)20-16/h1-8,19-21H,9-12H2. The van der Waals surface area contributed by atoms with Crippen LogP contribution in [-0.2, 0) is 22.9 Å². The molecule has 1 aromatic heterocycles. The van der Waals surface area contributed by atoms with Crippen molar-refractivity contribution in [2.45, 2.75) is 17.7 Å². The van der Waals surface area contributed by atoms with Crippen LogP contribution in [-0.4, -0.2) is 26.5 Å². The van der Waals surface area contributed by atoms with Gasteiger partial charge >= 0.3 is 0 Å². The summed E-state index contributed by atoms with van der Waals surface area (Å²) in [5.74, 6) is 0. The van der Waals surface area contributed by atoms with Gasteiger partial charge in [0.25, 0.3) is 10.0 Å². The van der Waals surface area contributed by atoms with E-state index >= 15 is 0 Å². The van der Waals surface area contributed by atoms with E-state index in [9.17, 15) is 8.42 Å². The molecule has 24 heavy (non-hydrogen) atoms. The molecule has 0 bridgehead atoms. The first kappa shape index (κ1) is 15.2. The van der Waals surface area contributed by atoms with E-state index in [1.165, 1.54) is 11.3 Å². The largest absolute Gasteiger partial charge is 0.358 e. The molecule has 0 fully saturated rings. The Morgan fingerprint density at radius 3 is 2.54 bits per heavy atom. The van der Waals surface area contributed by atoms with Crippen molar-refractivity contribution in [1.82, 2.24) is 10.3 Å². The normalized spacial score (nSPS) is 15.0. The number of hydrogen-bond donors (Lipinski definition) is 3. The van der Waals surface area contributed by atoms with Gasteiger partial charge < -0.3 is 10.3 Å². The van der Waals surface area contributed by atoms with Crippen molar-refractivity contribution in [3.05, 3.63) is 59.8 Å². The third kappa shape index (κ3) is 2.68. The molecule has 0 aliphatic carbocycles. The van der Waals surface area contributed by atoms with Gasteiger partial charge in [-0.3, -0.25) is 4.72 Å². The number of rotatable bonds is 3. The van der Waals surface area contributed by atoms with Gasteiger partial charge in [-0.15, -0.1) is 0 Å². The van der Waals surface area contributed by atoms with Crippen LogP contribution in [0, 0.1) is 0 Å². The zero-order valence-corrected chi connectivity index (χ0v) is 14.0. The number of aromatic amines is 1. The number of anilines is 1. The topological polar surface area (TPSA) is 74.0 Å². The molecule has 0 unspecified atom stereocenters. The first-order chi connectivity index (χ1) is 11.6. The average molecular weight is 341 g/mol. The number of fused-ring (bicyclic) bond motifs is 3. The first-order valence-corrected chi connectivity index (χ1v) is 9.54. The maximum Gasteiger partial charge on any atom is 0.261 e. The Balaban J connectivity index is 1.81. The van der Waals surface area contributed by atoms with Gasteiger partial charge in [-0.1, -0.05) is 24.3 Å². The van der Waals surface area contributed by atoms with Gasteiger partial charge in [0.05, 0.1) is 10.6 Å². The predicted molar refractivity (Wildman–Crippen MR) is 95.8 cm³/mol. The van der Waals surface area contributed by atoms with E-state index in [1.54, 1.807) is 30.3 Å². The van der Waals surface area contributed by atoms with Crippen molar-refractivity contribution in [3.63, 3.8) is 0 Å². The summed E-state index contributed by atoms with van der Waals surface area (Å²) in [6.45, 7) is 1.84. The lowest BCUT2D eigenvalue weighted by Gasteiger charge is -2.10. The molecule has 1 aliphatic heterocycles. The minimum atomic E-state index is -3.60. The highest BCUT2D eigenvalue weighted by molar-refractivity contribution is 7.92. The molecule has 3 aromatic rings. The van der Waals surface area contributed by atoms with E-state index in [4.69, 9.17) is 0 Å². The summed E-state index contributed by atoms with van der Waals surface area (Å²) in [5.41, 5.74) is 4.02. The van der Waals surface area contributed by atoms with E-state index in [1.807, 2.05) is 18.2 Å². The highest BCUT2D eigenvalue weighted by atomic mass is 32.2. The second-order valence-corrected chi connectivity index (χ2v) is 7.66. The van der Waals surface area contributed by atoms with Crippen molar-refractivity contribution in [2.75, 3.05) is 17.8 Å². The quantitative estimate of drug-likeness (QED) is 0.686. The van der Waals surface area contributed by atoms with Crippen LogP contribution in [0.4, 0.5) is 5.69 Å². The van der Waals surface area contributed by atoms with Gasteiger partial charge in [-0.2, -0.15) is 0 Å². The molecule has 124 valence electrons. The van der Waals surface area contributed by atoms with Gasteiger partial charge in [0.1, 0.15) is 0 Å². The second-order valence-electron chi connectivity index (χ2n) is 5.98. The molecule has 6 heteroatoms. The predicted octanol–water partition coefficient (Wildman–Crippen LogP) is 2.66.